The first kappa shape index (κ1) is 32.8. The molecule has 0 saturated carbocycles. The van der Waals surface area contributed by atoms with Gasteiger partial charge in [-0.1, -0.05) is 59.0 Å². The molecule has 0 N–H and O–H groups in total. The molecule has 0 radical (unpaired) electrons. The molecule has 1 aliphatic rings. The van der Waals surface area contributed by atoms with Crippen molar-refractivity contribution in [3.8, 4) is 11.4 Å². The maximum Gasteiger partial charge on any atom is 0.416 e. The molecule has 0 atom stereocenters. The smallest absolute Gasteiger partial charge is 0.212 e. The molecule has 6 aromatic rings. The normalized spacial score (nSPS) is 16.1. The number of hydrogen-bond acceptors (Lipinski definition) is 4. The van der Waals surface area contributed by atoms with E-state index >= 15 is 0 Å². The standard InChI is InChI=1S/C32H14F12N6/c33-29(34,35)15-9-16(30(36,37)38)12-19(11-15)49-27-23-7-3-4-8-24(23)28-26(22-6-2-1-5-21(22)25(27)45-47-49)46-48-50(28)20-13-17(31(39,40)41)10-18(14-20)32(42,43)44/h1-14H/b25-21+,26-22+,27-23+,28-24+. The zero-order valence-corrected chi connectivity index (χ0v) is 24.3. The lowest BCUT2D eigenvalue weighted by atomic mass is 10.1. The van der Waals surface area contributed by atoms with Crippen molar-refractivity contribution in [1.29, 1.82) is 0 Å². The highest BCUT2D eigenvalue weighted by molar-refractivity contribution is 5.44. The van der Waals surface area contributed by atoms with E-state index < -0.39 is 58.3 Å². The summed E-state index contributed by atoms with van der Waals surface area (Å²) in [5, 5.41) is 16.2. The number of fused-ring (bicyclic) bond motifs is 4. The quantitative estimate of drug-likeness (QED) is 0.169. The zero-order valence-electron chi connectivity index (χ0n) is 24.3. The Morgan fingerprint density at radius 3 is 0.940 bits per heavy atom. The Hall–Kier alpha value is -5.68. The van der Waals surface area contributed by atoms with Crippen LogP contribution in [0.15, 0.2) is 84.9 Å². The first-order valence-corrected chi connectivity index (χ1v) is 14.0. The van der Waals surface area contributed by atoms with Gasteiger partial charge in [0.25, 0.3) is 0 Å². The Kier molecular flexibility index (Phi) is 7.17. The molecule has 2 aromatic heterocycles. The fourth-order valence-corrected chi connectivity index (χ4v) is 5.69. The van der Waals surface area contributed by atoms with Crippen LogP contribution in [0.1, 0.15) is 22.3 Å². The van der Waals surface area contributed by atoms with Crippen LogP contribution in [0, 0.1) is 42.3 Å². The summed E-state index contributed by atoms with van der Waals surface area (Å²) in [6, 6.07) is 13.3. The lowest BCUT2D eigenvalue weighted by Crippen LogP contribution is -2.13. The van der Waals surface area contributed by atoms with Crippen molar-refractivity contribution in [1.82, 2.24) is 30.0 Å². The number of benzene rings is 4. The van der Waals surface area contributed by atoms with Crippen molar-refractivity contribution >= 4 is 0 Å². The van der Waals surface area contributed by atoms with Crippen LogP contribution < -0.4 is 0 Å². The van der Waals surface area contributed by atoms with Crippen LogP contribution >= 0.6 is 0 Å². The van der Waals surface area contributed by atoms with Crippen molar-refractivity contribution in [2.24, 2.45) is 0 Å². The molecular weight excluding hydrogens is 696 g/mol. The van der Waals surface area contributed by atoms with E-state index in [1.165, 1.54) is 48.5 Å². The molecule has 256 valence electrons. The summed E-state index contributed by atoms with van der Waals surface area (Å²) in [5.74, 6) is 0. The van der Waals surface area contributed by atoms with Gasteiger partial charge in [-0.3, -0.25) is 0 Å². The average molecular weight is 710 g/mol. The van der Waals surface area contributed by atoms with Crippen LogP contribution in [0.4, 0.5) is 52.7 Å². The molecule has 0 aliphatic heterocycles. The molecule has 0 unspecified atom stereocenters. The first-order valence-electron chi connectivity index (χ1n) is 14.0. The summed E-state index contributed by atoms with van der Waals surface area (Å²) in [4.78, 5) is 0. The monoisotopic (exact) mass is 710 g/mol. The van der Waals surface area contributed by atoms with Crippen molar-refractivity contribution in [3.05, 3.63) is 149 Å². The van der Waals surface area contributed by atoms with E-state index in [4.69, 9.17) is 0 Å². The number of aromatic nitrogens is 6. The summed E-state index contributed by atoms with van der Waals surface area (Å²) in [6.07, 6.45) is -20.8. The van der Waals surface area contributed by atoms with Crippen LogP contribution in [0.5, 0.6) is 0 Å². The third-order valence-corrected chi connectivity index (χ3v) is 7.85. The zero-order chi connectivity index (χ0) is 36.0. The van der Waals surface area contributed by atoms with Crippen molar-refractivity contribution in [3.63, 3.8) is 0 Å². The second-order valence-corrected chi connectivity index (χ2v) is 11.0. The largest absolute Gasteiger partial charge is 0.416 e. The molecule has 2 heterocycles. The molecule has 0 bridgehead atoms. The summed E-state index contributed by atoms with van der Waals surface area (Å²) < 4.78 is 168. The lowest BCUT2D eigenvalue weighted by Gasteiger charge is -2.14. The van der Waals surface area contributed by atoms with E-state index in [-0.39, 0.29) is 54.4 Å². The summed E-state index contributed by atoms with van der Waals surface area (Å²) in [5.41, 5.74) is -7.93. The summed E-state index contributed by atoms with van der Waals surface area (Å²) >= 11 is 0. The first-order chi connectivity index (χ1) is 23.3. The van der Waals surface area contributed by atoms with E-state index in [1.807, 2.05) is 0 Å². The van der Waals surface area contributed by atoms with Gasteiger partial charge in [0.1, 0.15) is 21.4 Å². The second kappa shape index (κ2) is 10.9. The number of alkyl halides is 12. The second-order valence-electron chi connectivity index (χ2n) is 11.0. The van der Waals surface area contributed by atoms with Gasteiger partial charge in [-0.05, 0) is 36.4 Å². The van der Waals surface area contributed by atoms with Gasteiger partial charge in [-0.2, -0.15) is 52.7 Å². The minimum atomic E-state index is -5.21. The highest BCUT2D eigenvalue weighted by Gasteiger charge is 2.38. The molecular formula is C32H14F12N6. The molecule has 0 amide bonds. The van der Waals surface area contributed by atoms with Gasteiger partial charge in [0.15, 0.2) is 0 Å². The van der Waals surface area contributed by atoms with Crippen molar-refractivity contribution in [2.75, 3.05) is 0 Å². The van der Waals surface area contributed by atoms with Crippen LogP contribution in [-0.4, -0.2) is 30.0 Å². The molecule has 4 aromatic carbocycles. The molecule has 18 heteroatoms. The predicted molar refractivity (Wildman–Crippen MR) is 146 cm³/mol. The minimum Gasteiger partial charge on any atom is -0.212 e. The van der Waals surface area contributed by atoms with Gasteiger partial charge in [0, 0.05) is 20.9 Å². The predicted octanol–water partition coefficient (Wildman–Crippen LogP) is 8.38. The SMILES string of the molecule is FC(F)(F)c1cc(-n2nnc3/c2=c2/cccc/c2=c2/c(nnn2-c2cc(C(F)(F)F)cc(C(F)(F)F)c2)=c2/cccc/c2=3)cc(C(F)(F)F)c1. The van der Waals surface area contributed by atoms with Gasteiger partial charge in [0.05, 0.1) is 33.6 Å². The van der Waals surface area contributed by atoms with E-state index in [1.54, 1.807) is 0 Å². The van der Waals surface area contributed by atoms with Crippen molar-refractivity contribution in [2.45, 2.75) is 24.7 Å². The van der Waals surface area contributed by atoms with Gasteiger partial charge in [-0.25, -0.2) is 9.36 Å². The Labute approximate surface area is 268 Å². The molecule has 1 aliphatic carbocycles. The van der Waals surface area contributed by atoms with Gasteiger partial charge >= 0.3 is 24.7 Å². The Bertz CT molecular complexity index is 2470. The highest BCUT2D eigenvalue weighted by Crippen LogP contribution is 2.38. The molecule has 7 rings (SSSR count). The van der Waals surface area contributed by atoms with E-state index in [9.17, 15) is 52.7 Å². The number of nitrogens with zero attached hydrogens (tertiary/aromatic N) is 6. The third-order valence-electron chi connectivity index (χ3n) is 7.85. The average Bonchev–Trinajstić information content (AvgIpc) is 3.67. The van der Waals surface area contributed by atoms with Gasteiger partial charge in [0.2, 0.25) is 0 Å². The summed E-state index contributed by atoms with van der Waals surface area (Å²) in [6.45, 7) is 0. The van der Waals surface area contributed by atoms with E-state index in [0.29, 0.717) is 24.3 Å². The molecule has 0 fully saturated rings. The highest BCUT2D eigenvalue weighted by atomic mass is 19.4. The number of halogens is 12. The fourth-order valence-electron chi connectivity index (χ4n) is 5.69. The molecule has 0 spiro atoms. The van der Waals surface area contributed by atoms with Crippen molar-refractivity contribution < 1.29 is 52.7 Å². The van der Waals surface area contributed by atoms with Crippen LogP contribution in [-0.2, 0) is 24.7 Å². The Morgan fingerprint density at radius 1 is 0.380 bits per heavy atom. The fraction of sp³-hybridized carbons (Fsp3) is 0.125. The lowest BCUT2D eigenvalue weighted by molar-refractivity contribution is -0.144. The van der Waals surface area contributed by atoms with Gasteiger partial charge in [-0.15, -0.1) is 10.2 Å². The third kappa shape index (κ3) is 5.53. The Balaban J connectivity index is 1.74. The number of rotatable bonds is 2. The maximum absolute atomic E-state index is 13.8. The number of hydrogen-bond donors (Lipinski definition) is 0. The topological polar surface area (TPSA) is 61.4 Å². The van der Waals surface area contributed by atoms with Crippen LogP contribution in [0.2, 0.25) is 0 Å². The molecule has 50 heavy (non-hydrogen) atoms. The molecule has 6 nitrogen and oxygen atoms in total. The maximum atomic E-state index is 13.8. The Morgan fingerprint density at radius 2 is 0.660 bits per heavy atom. The summed E-state index contributed by atoms with van der Waals surface area (Å²) in [7, 11) is 0. The van der Waals surface area contributed by atoms with E-state index in [2.05, 4.69) is 20.6 Å². The van der Waals surface area contributed by atoms with Gasteiger partial charge < -0.3 is 0 Å². The van der Waals surface area contributed by atoms with Crippen LogP contribution in [0.3, 0.4) is 0 Å². The minimum absolute atomic E-state index is 0.0285. The molecule has 0 saturated heterocycles. The van der Waals surface area contributed by atoms with Crippen LogP contribution in [0.25, 0.3) is 11.4 Å². The van der Waals surface area contributed by atoms with E-state index in [0.717, 1.165) is 9.36 Å².